The van der Waals surface area contributed by atoms with E-state index in [1.54, 1.807) is 6.20 Å². The molecule has 5 rings (SSSR count). The Morgan fingerprint density at radius 1 is 1.00 bits per heavy atom. The number of likely N-dealkylation sites (N-methyl/N-ethyl adjacent to an activating group) is 1. The van der Waals surface area contributed by atoms with E-state index in [1.807, 2.05) is 18.3 Å². The van der Waals surface area contributed by atoms with Crippen LogP contribution in [0.5, 0.6) is 0 Å². The lowest BCUT2D eigenvalue weighted by molar-refractivity contribution is 0.0994. The molecule has 0 atom stereocenters. The molecule has 1 aliphatic rings. The standard InChI is InChI=1S/C26H27N3O/c1-3-28(4-2)14-15-29-23-10-7-18(19-6-5-13-27-17-19)16-22(23)26-21-9-12-25(30)20(21)8-11-24(26)29/h5-8,10-11,13,16-17H,3-4,9,12,14-15H2,1-2H3. The van der Waals surface area contributed by atoms with E-state index in [9.17, 15) is 4.79 Å². The second-order valence-corrected chi connectivity index (χ2v) is 8.06. The predicted octanol–water partition coefficient (Wildman–Crippen LogP) is 5.33. The lowest BCUT2D eigenvalue weighted by atomic mass is 10.00. The maximum Gasteiger partial charge on any atom is 0.163 e. The molecule has 0 saturated heterocycles. The number of aryl methyl sites for hydroxylation is 1. The van der Waals surface area contributed by atoms with Crippen molar-refractivity contribution in [3.8, 4) is 11.1 Å². The zero-order chi connectivity index (χ0) is 20.7. The number of rotatable bonds is 6. The summed E-state index contributed by atoms with van der Waals surface area (Å²) in [6.07, 6.45) is 5.19. The average molecular weight is 398 g/mol. The maximum atomic E-state index is 12.4. The van der Waals surface area contributed by atoms with Crippen molar-refractivity contribution < 1.29 is 4.79 Å². The van der Waals surface area contributed by atoms with E-state index in [1.165, 1.54) is 32.9 Å². The molecule has 0 N–H and O–H groups in total. The van der Waals surface area contributed by atoms with Crippen LogP contribution in [0.4, 0.5) is 0 Å². The Hall–Kier alpha value is -2.98. The Bertz CT molecular complexity index is 1240. The number of carbonyl (C=O) groups excluding carboxylic acids is 1. The fourth-order valence-electron chi connectivity index (χ4n) is 4.89. The molecule has 2 aromatic heterocycles. The summed E-state index contributed by atoms with van der Waals surface area (Å²) in [7, 11) is 0. The van der Waals surface area contributed by atoms with Crippen molar-refractivity contribution in [1.29, 1.82) is 0 Å². The van der Waals surface area contributed by atoms with Crippen LogP contribution in [-0.2, 0) is 13.0 Å². The van der Waals surface area contributed by atoms with Gasteiger partial charge in [0.15, 0.2) is 5.78 Å². The highest BCUT2D eigenvalue weighted by atomic mass is 16.1. The summed E-state index contributed by atoms with van der Waals surface area (Å²) in [4.78, 5) is 19.2. The van der Waals surface area contributed by atoms with Crippen LogP contribution in [-0.4, -0.2) is 39.9 Å². The first-order chi connectivity index (χ1) is 14.7. The maximum absolute atomic E-state index is 12.4. The third-order valence-electron chi connectivity index (χ3n) is 6.57. The van der Waals surface area contributed by atoms with Gasteiger partial charge in [0.25, 0.3) is 0 Å². The summed E-state index contributed by atoms with van der Waals surface area (Å²) in [5.74, 6) is 0.277. The number of pyridine rings is 1. The molecule has 0 spiro atoms. The molecular formula is C26H27N3O. The highest BCUT2D eigenvalue weighted by Crippen LogP contribution is 2.38. The fraction of sp³-hybridized carbons (Fsp3) is 0.308. The highest BCUT2D eigenvalue weighted by Gasteiger charge is 2.25. The van der Waals surface area contributed by atoms with Crippen LogP contribution in [0.25, 0.3) is 32.9 Å². The molecule has 0 unspecified atom stereocenters. The number of hydrogen-bond donors (Lipinski definition) is 0. The van der Waals surface area contributed by atoms with Crippen LogP contribution in [0, 0.1) is 0 Å². The number of hydrogen-bond acceptors (Lipinski definition) is 3. The third-order valence-corrected chi connectivity index (χ3v) is 6.57. The van der Waals surface area contributed by atoms with Gasteiger partial charge in [-0.15, -0.1) is 0 Å². The monoisotopic (exact) mass is 397 g/mol. The molecule has 0 radical (unpaired) electrons. The van der Waals surface area contributed by atoms with Gasteiger partial charge in [-0.3, -0.25) is 9.78 Å². The number of benzene rings is 2. The van der Waals surface area contributed by atoms with Crippen molar-refractivity contribution in [2.75, 3.05) is 19.6 Å². The van der Waals surface area contributed by atoms with Crippen LogP contribution in [0.2, 0.25) is 0 Å². The van der Waals surface area contributed by atoms with Crippen LogP contribution < -0.4 is 0 Å². The van der Waals surface area contributed by atoms with Crippen molar-refractivity contribution in [3.05, 3.63) is 66.0 Å². The summed E-state index contributed by atoms with van der Waals surface area (Å²) in [6, 6.07) is 15.0. The van der Waals surface area contributed by atoms with E-state index in [0.717, 1.165) is 43.7 Å². The summed E-state index contributed by atoms with van der Waals surface area (Å²) < 4.78 is 2.44. The minimum atomic E-state index is 0.277. The van der Waals surface area contributed by atoms with E-state index >= 15 is 0 Å². The van der Waals surface area contributed by atoms with E-state index in [-0.39, 0.29) is 5.78 Å². The average Bonchev–Trinajstić information content (AvgIpc) is 3.32. The molecule has 4 nitrogen and oxygen atoms in total. The van der Waals surface area contributed by atoms with Gasteiger partial charge in [-0.25, -0.2) is 0 Å². The summed E-state index contributed by atoms with van der Waals surface area (Å²) >= 11 is 0. The lowest BCUT2D eigenvalue weighted by Crippen LogP contribution is -2.26. The molecule has 2 aromatic carbocycles. The largest absolute Gasteiger partial charge is 0.339 e. The second-order valence-electron chi connectivity index (χ2n) is 8.06. The molecule has 0 bridgehead atoms. The second kappa shape index (κ2) is 7.69. The minimum absolute atomic E-state index is 0.277. The van der Waals surface area contributed by atoms with E-state index < -0.39 is 0 Å². The molecule has 2 heterocycles. The fourth-order valence-corrected chi connectivity index (χ4v) is 4.89. The van der Waals surface area contributed by atoms with Gasteiger partial charge in [0.1, 0.15) is 0 Å². The molecule has 0 aliphatic heterocycles. The van der Waals surface area contributed by atoms with Crippen LogP contribution in [0.1, 0.15) is 36.2 Å². The minimum Gasteiger partial charge on any atom is -0.339 e. The molecule has 30 heavy (non-hydrogen) atoms. The van der Waals surface area contributed by atoms with Crippen molar-refractivity contribution >= 4 is 27.6 Å². The topological polar surface area (TPSA) is 38.1 Å². The Morgan fingerprint density at radius 2 is 1.83 bits per heavy atom. The van der Waals surface area contributed by atoms with E-state index in [2.05, 4.69) is 58.6 Å². The number of fused-ring (bicyclic) bond motifs is 5. The number of Topliss-reactive ketones (excluding diaryl/α,β-unsaturated/α-hetero) is 1. The SMILES string of the molecule is CCN(CC)CCn1c2ccc(-c3cccnc3)cc2c2c3c(ccc21)C(=O)CC3. The van der Waals surface area contributed by atoms with Gasteiger partial charge in [0.2, 0.25) is 0 Å². The summed E-state index contributed by atoms with van der Waals surface area (Å²) in [6.45, 7) is 8.51. The zero-order valence-corrected chi connectivity index (χ0v) is 17.7. The normalized spacial score (nSPS) is 13.6. The lowest BCUT2D eigenvalue weighted by Gasteiger charge is -2.19. The first-order valence-corrected chi connectivity index (χ1v) is 10.9. The van der Waals surface area contributed by atoms with Gasteiger partial charge in [0.05, 0.1) is 0 Å². The zero-order valence-electron chi connectivity index (χ0n) is 17.7. The van der Waals surface area contributed by atoms with Crippen molar-refractivity contribution in [1.82, 2.24) is 14.5 Å². The molecule has 4 aromatic rings. The van der Waals surface area contributed by atoms with E-state index in [0.29, 0.717) is 6.42 Å². The predicted molar refractivity (Wildman–Crippen MR) is 123 cm³/mol. The van der Waals surface area contributed by atoms with E-state index in [4.69, 9.17) is 0 Å². The Labute approximate surface area is 177 Å². The summed E-state index contributed by atoms with van der Waals surface area (Å²) in [5, 5.41) is 2.51. The van der Waals surface area contributed by atoms with Gasteiger partial charge in [-0.2, -0.15) is 0 Å². The molecule has 0 amide bonds. The number of nitrogens with zero attached hydrogens (tertiary/aromatic N) is 3. The number of ketones is 1. The Balaban J connectivity index is 1.73. The molecule has 0 fully saturated rings. The molecule has 4 heteroatoms. The van der Waals surface area contributed by atoms with Gasteiger partial charge in [-0.05, 0) is 61.0 Å². The van der Waals surface area contributed by atoms with Crippen molar-refractivity contribution in [3.63, 3.8) is 0 Å². The number of aromatic nitrogens is 2. The Morgan fingerprint density at radius 3 is 2.60 bits per heavy atom. The smallest absolute Gasteiger partial charge is 0.163 e. The van der Waals surface area contributed by atoms with Gasteiger partial charge in [0, 0.05) is 64.8 Å². The van der Waals surface area contributed by atoms with Crippen LogP contribution in [0.3, 0.4) is 0 Å². The van der Waals surface area contributed by atoms with Crippen LogP contribution >= 0.6 is 0 Å². The molecule has 152 valence electrons. The highest BCUT2D eigenvalue weighted by molar-refractivity contribution is 6.15. The van der Waals surface area contributed by atoms with Crippen LogP contribution in [0.15, 0.2) is 54.9 Å². The van der Waals surface area contributed by atoms with Crippen molar-refractivity contribution in [2.45, 2.75) is 33.2 Å². The molecule has 0 saturated carbocycles. The first kappa shape index (κ1) is 19.0. The van der Waals surface area contributed by atoms with Crippen molar-refractivity contribution in [2.24, 2.45) is 0 Å². The third kappa shape index (κ3) is 3.03. The molecule has 1 aliphatic carbocycles. The number of carbonyl (C=O) groups is 1. The van der Waals surface area contributed by atoms with Gasteiger partial charge >= 0.3 is 0 Å². The first-order valence-electron chi connectivity index (χ1n) is 10.9. The summed E-state index contributed by atoms with van der Waals surface area (Å²) in [5.41, 5.74) is 6.92. The Kier molecular flexibility index (Phi) is 4.87. The molecular weight excluding hydrogens is 370 g/mol. The van der Waals surface area contributed by atoms with Gasteiger partial charge in [-0.1, -0.05) is 26.0 Å². The van der Waals surface area contributed by atoms with Gasteiger partial charge < -0.3 is 9.47 Å². The quantitative estimate of drug-likeness (QED) is 0.441.